The second-order valence-electron chi connectivity index (χ2n) is 2.17. The van der Waals surface area contributed by atoms with Crippen LogP contribution in [0.2, 0.25) is 0 Å². The zero-order valence-electron chi connectivity index (χ0n) is 5.76. The largest absolute Gasteiger partial charge is 0.507 e. The Bertz CT molecular complexity index is 295. The van der Waals surface area contributed by atoms with Gasteiger partial charge in [-0.25, -0.2) is 0 Å². The van der Waals surface area contributed by atoms with E-state index in [1.54, 1.807) is 0 Å². The van der Waals surface area contributed by atoms with E-state index in [0.717, 1.165) is 18.2 Å². The third-order valence-electron chi connectivity index (χ3n) is 1.32. The fraction of sp³-hybridized carbons (Fsp3) is 0.143. The Morgan fingerprint density at radius 2 is 1.83 bits per heavy atom. The number of halogens is 3. The van der Waals surface area contributed by atoms with E-state index in [1.807, 2.05) is 0 Å². The molecule has 12 heavy (non-hydrogen) atoms. The second kappa shape index (κ2) is 2.90. The smallest absolute Gasteiger partial charge is 0.417 e. The molecule has 0 amide bonds. The Labute approximate surface area is 72.2 Å². The van der Waals surface area contributed by atoms with Crippen LogP contribution in [0.3, 0.4) is 0 Å². The molecule has 5 heteroatoms. The van der Waals surface area contributed by atoms with Crippen LogP contribution in [0.4, 0.5) is 13.2 Å². The first-order valence-corrected chi connectivity index (χ1v) is 3.46. The van der Waals surface area contributed by atoms with Gasteiger partial charge in [0.05, 0.1) is 10.5 Å². The highest BCUT2D eigenvalue weighted by Crippen LogP contribution is 2.37. The molecule has 1 aromatic carbocycles. The molecule has 1 aromatic rings. The summed E-state index contributed by atoms with van der Waals surface area (Å²) in [4.78, 5) is -0.440. The minimum atomic E-state index is -4.46. The molecule has 0 aliphatic heterocycles. The van der Waals surface area contributed by atoms with Crippen LogP contribution in [0.25, 0.3) is 0 Å². The number of hydrogen-bond acceptors (Lipinski definition) is 2. The summed E-state index contributed by atoms with van der Waals surface area (Å²) in [7, 11) is 0. The van der Waals surface area contributed by atoms with Crippen LogP contribution in [0.1, 0.15) is 5.56 Å². The topological polar surface area (TPSA) is 20.2 Å². The fourth-order valence-corrected chi connectivity index (χ4v) is 1.04. The number of benzene rings is 1. The third kappa shape index (κ3) is 1.66. The van der Waals surface area contributed by atoms with Gasteiger partial charge in [-0.15, -0.1) is 12.6 Å². The summed E-state index contributed by atoms with van der Waals surface area (Å²) < 4.78 is 36.2. The molecule has 66 valence electrons. The minimum absolute atomic E-state index is 0.440. The first kappa shape index (κ1) is 9.25. The molecule has 0 saturated heterocycles. The van der Waals surface area contributed by atoms with Crippen LogP contribution in [-0.2, 0) is 6.18 Å². The summed E-state index contributed by atoms with van der Waals surface area (Å²) in [6.45, 7) is 0. The van der Waals surface area contributed by atoms with Gasteiger partial charge in [0.2, 0.25) is 0 Å². The van der Waals surface area contributed by atoms with E-state index in [2.05, 4.69) is 12.6 Å². The van der Waals surface area contributed by atoms with E-state index in [9.17, 15) is 13.2 Å². The maximum Gasteiger partial charge on any atom is 0.417 e. The van der Waals surface area contributed by atoms with E-state index >= 15 is 0 Å². The van der Waals surface area contributed by atoms with Crippen molar-refractivity contribution in [2.75, 3.05) is 0 Å². The summed E-state index contributed by atoms with van der Waals surface area (Å²) in [6.07, 6.45) is -4.46. The molecule has 0 fully saturated rings. The van der Waals surface area contributed by atoms with Crippen LogP contribution in [0, 0.1) is 0 Å². The molecule has 0 unspecified atom stereocenters. The molecular weight excluding hydrogens is 189 g/mol. The average molecular weight is 194 g/mol. The molecule has 0 aromatic heterocycles. The van der Waals surface area contributed by atoms with Gasteiger partial charge < -0.3 is 5.11 Å². The van der Waals surface area contributed by atoms with Crippen LogP contribution >= 0.6 is 12.6 Å². The Hall–Kier alpha value is -0.840. The standard InChI is InChI=1S/C7H5F3OS/c8-7(9,10)4-2-1-3-5(11)6(4)12/h1-3,11-12H. The number of hydrogen-bond donors (Lipinski definition) is 2. The lowest BCUT2D eigenvalue weighted by Gasteiger charge is -2.09. The van der Waals surface area contributed by atoms with Gasteiger partial charge in [0.1, 0.15) is 5.75 Å². The molecule has 0 radical (unpaired) electrons. The van der Waals surface area contributed by atoms with Crippen molar-refractivity contribution in [3.8, 4) is 5.75 Å². The van der Waals surface area contributed by atoms with Gasteiger partial charge in [-0.05, 0) is 12.1 Å². The number of aromatic hydroxyl groups is 1. The highest BCUT2D eigenvalue weighted by atomic mass is 32.1. The van der Waals surface area contributed by atoms with Crippen LogP contribution in [0.15, 0.2) is 23.1 Å². The predicted octanol–water partition coefficient (Wildman–Crippen LogP) is 2.70. The Morgan fingerprint density at radius 3 is 2.25 bits per heavy atom. The Kier molecular flexibility index (Phi) is 2.23. The first-order chi connectivity index (χ1) is 5.43. The van der Waals surface area contributed by atoms with Crippen molar-refractivity contribution in [2.45, 2.75) is 11.1 Å². The number of rotatable bonds is 0. The van der Waals surface area contributed by atoms with Gasteiger partial charge in [-0.1, -0.05) is 6.07 Å². The lowest BCUT2D eigenvalue weighted by molar-refractivity contribution is -0.139. The average Bonchev–Trinajstić information content (AvgIpc) is 1.92. The zero-order valence-corrected chi connectivity index (χ0v) is 6.65. The minimum Gasteiger partial charge on any atom is -0.507 e. The van der Waals surface area contributed by atoms with Crippen molar-refractivity contribution in [3.05, 3.63) is 23.8 Å². The van der Waals surface area contributed by atoms with Gasteiger partial charge in [0.25, 0.3) is 0 Å². The quantitative estimate of drug-likeness (QED) is 0.608. The first-order valence-electron chi connectivity index (χ1n) is 3.01. The summed E-state index contributed by atoms with van der Waals surface area (Å²) in [5.41, 5.74) is -0.925. The summed E-state index contributed by atoms with van der Waals surface area (Å²) in [5.74, 6) is -0.465. The van der Waals surface area contributed by atoms with Crippen molar-refractivity contribution in [3.63, 3.8) is 0 Å². The molecule has 0 bridgehead atoms. The maximum atomic E-state index is 12.1. The molecule has 0 atom stereocenters. The Morgan fingerprint density at radius 1 is 1.25 bits per heavy atom. The van der Waals surface area contributed by atoms with Crippen molar-refractivity contribution >= 4 is 12.6 Å². The van der Waals surface area contributed by atoms with Crippen molar-refractivity contribution < 1.29 is 18.3 Å². The molecular formula is C7H5F3OS. The summed E-state index contributed by atoms with van der Waals surface area (Å²) in [6, 6.07) is 3.14. The molecule has 0 aliphatic carbocycles. The van der Waals surface area contributed by atoms with Gasteiger partial charge in [-0.3, -0.25) is 0 Å². The van der Waals surface area contributed by atoms with E-state index in [4.69, 9.17) is 5.11 Å². The SMILES string of the molecule is Oc1cccc(C(F)(F)F)c1S. The molecule has 1 N–H and O–H groups in total. The normalized spacial score (nSPS) is 11.7. The van der Waals surface area contributed by atoms with Gasteiger partial charge in [-0.2, -0.15) is 13.2 Å². The van der Waals surface area contributed by atoms with Gasteiger partial charge >= 0.3 is 6.18 Å². The molecule has 1 rings (SSSR count). The van der Waals surface area contributed by atoms with Crippen LogP contribution < -0.4 is 0 Å². The molecule has 0 heterocycles. The van der Waals surface area contributed by atoms with E-state index in [1.165, 1.54) is 0 Å². The molecule has 0 saturated carbocycles. The molecule has 0 aliphatic rings. The third-order valence-corrected chi connectivity index (χ3v) is 1.79. The molecule has 0 spiro atoms. The Balaban J connectivity index is 3.26. The second-order valence-corrected chi connectivity index (χ2v) is 2.62. The lowest BCUT2D eigenvalue weighted by Crippen LogP contribution is -2.05. The number of phenolic OH excluding ortho intramolecular Hbond substituents is 1. The lowest BCUT2D eigenvalue weighted by atomic mass is 10.2. The van der Waals surface area contributed by atoms with E-state index in [0.29, 0.717) is 0 Å². The van der Waals surface area contributed by atoms with Crippen LogP contribution in [0.5, 0.6) is 5.75 Å². The van der Waals surface area contributed by atoms with Gasteiger partial charge in [0, 0.05) is 0 Å². The van der Waals surface area contributed by atoms with Crippen molar-refractivity contribution in [1.29, 1.82) is 0 Å². The summed E-state index contributed by atoms with van der Waals surface area (Å²) in [5, 5.41) is 8.89. The predicted molar refractivity (Wildman–Crippen MR) is 40.4 cm³/mol. The molecule has 1 nitrogen and oxygen atoms in total. The number of phenols is 1. The fourth-order valence-electron chi connectivity index (χ4n) is 0.760. The van der Waals surface area contributed by atoms with Gasteiger partial charge in [0.15, 0.2) is 0 Å². The number of alkyl halides is 3. The number of thiol groups is 1. The monoisotopic (exact) mass is 194 g/mol. The maximum absolute atomic E-state index is 12.1. The van der Waals surface area contributed by atoms with Crippen LogP contribution in [-0.4, -0.2) is 5.11 Å². The van der Waals surface area contributed by atoms with Crippen molar-refractivity contribution in [1.82, 2.24) is 0 Å². The zero-order chi connectivity index (χ0) is 9.35. The van der Waals surface area contributed by atoms with E-state index < -0.39 is 22.4 Å². The van der Waals surface area contributed by atoms with Crippen molar-refractivity contribution in [2.24, 2.45) is 0 Å². The highest BCUT2D eigenvalue weighted by Gasteiger charge is 2.33. The van der Waals surface area contributed by atoms with E-state index in [-0.39, 0.29) is 0 Å². The summed E-state index contributed by atoms with van der Waals surface area (Å²) >= 11 is 3.53. The highest BCUT2D eigenvalue weighted by molar-refractivity contribution is 7.80.